The van der Waals surface area contributed by atoms with Crippen LogP contribution in [0.4, 0.5) is 0 Å². The third-order valence-electron chi connectivity index (χ3n) is 3.44. The fraction of sp³-hybridized carbons (Fsp3) is 0.111. The molecule has 0 aliphatic carbocycles. The normalized spacial score (nSPS) is 12.8. The van der Waals surface area contributed by atoms with Crippen molar-refractivity contribution in [3.63, 3.8) is 0 Å². The van der Waals surface area contributed by atoms with Gasteiger partial charge in [-0.15, -0.1) is 0 Å². The summed E-state index contributed by atoms with van der Waals surface area (Å²) in [6, 6.07) is 12.7. The molecule has 0 saturated carbocycles. The number of benzene rings is 2. The molecule has 2 aromatic carbocycles. The van der Waals surface area contributed by atoms with Crippen molar-refractivity contribution < 1.29 is 16.8 Å². The van der Waals surface area contributed by atoms with Gasteiger partial charge in [0.1, 0.15) is 0 Å². The molecule has 0 spiro atoms. The highest BCUT2D eigenvalue weighted by Gasteiger charge is 2.12. The van der Waals surface area contributed by atoms with Crippen LogP contribution in [-0.2, 0) is 20.0 Å². The molecule has 0 aromatic heterocycles. The van der Waals surface area contributed by atoms with E-state index in [1.54, 1.807) is 24.3 Å². The van der Waals surface area contributed by atoms with Gasteiger partial charge in [0.15, 0.2) is 0 Å². The second kappa shape index (κ2) is 9.29. The van der Waals surface area contributed by atoms with Crippen molar-refractivity contribution in [3.8, 4) is 0 Å². The molecular weight excluding hydrogens is 400 g/mol. The summed E-state index contributed by atoms with van der Waals surface area (Å²) in [6.07, 6.45) is 5.18. The Labute approximate surface area is 164 Å². The van der Waals surface area contributed by atoms with Crippen LogP contribution in [-0.4, -0.2) is 29.3 Å². The van der Waals surface area contributed by atoms with Crippen molar-refractivity contribution in [1.29, 1.82) is 0 Å². The van der Waals surface area contributed by atoms with Crippen LogP contribution in [0, 0.1) is 13.8 Å². The van der Waals surface area contributed by atoms with Gasteiger partial charge < -0.3 is 0 Å². The van der Waals surface area contributed by atoms with E-state index in [0.29, 0.717) is 0 Å². The van der Waals surface area contributed by atoms with Gasteiger partial charge in [-0.25, -0.2) is 9.66 Å². The van der Waals surface area contributed by atoms with Crippen LogP contribution in [0.5, 0.6) is 0 Å². The minimum absolute atomic E-state index is 0.103. The molecule has 0 aliphatic heterocycles. The minimum atomic E-state index is -3.73. The molecule has 148 valence electrons. The highest BCUT2D eigenvalue weighted by atomic mass is 32.2. The lowest BCUT2D eigenvalue weighted by atomic mass is 10.2. The van der Waals surface area contributed by atoms with Crippen LogP contribution in [0.25, 0.3) is 0 Å². The molecule has 0 heterocycles. The van der Waals surface area contributed by atoms with E-state index in [2.05, 4.69) is 19.9 Å². The Morgan fingerprint density at radius 3 is 1.29 bits per heavy atom. The Morgan fingerprint density at radius 1 is 0.643 bits per heavy atom. The molecule has 0 unspecified atom stereocenters. The summed E-state index contributed by atoms with van der Waals surface area (Å²) in [5, 5.41) is 7.19. The smallest absolute Gasteiger partial charge is 0.200 e. The first-order valence-corrected chi connectivity index (χ1v) is 11.1. The number of nitrogens with one attached hydrogen (secondary N) is 2. The Balaban J connectivity index is 1.85. The summed E-state index contributed by atoms with van der Waals surface area (Å²) in [4.78, 5) is 4.35. The van der Waals surface area contributed by atoms with E-state index in [0.717, 1.165) is 11.1 Å². The van der Waals surface area contributed by atoms with Crippen LogP contribution in [0.3, 0.4) is 0 Å². The maximum atomic E-state index is 12.0. The number of rotatable bonds is 8. The number of allylic oxidation sites excluding steroid dienone is 2. The predicted octanol–water partition coefficient (Wildman–Crippen LogP) is 2.09. The molecule has 10 heteroatoms. The molecule has 0 saturated heterocycles. The van der Waals surface area contributed by atoms with Crippen molar-refractivity contribution in [1.82, 2.24) is 9.66 Å². The second-order valence-corrected chi connectivity index (χ2v) is 9.08. The molecule has 2 rings (SSSR count). The van der Waals surface area contributed by atoms with E-state index in [1.807, 2.05) is 13.8 Å². The molecule has 2 N–H and O–H groups in total. The van der Waals surface area contributed by atoms with Gasteiger partial charge in [0.25, 0.3) is 20.0 Å². The monoisotopic (exact) mass is 420 g/mol. The van der Waals surface area contributed by atoms with E-state index >= 15 is 0 Å². The van der Waals surface area contributed by atoms with Gasteiger partial charge >= 0.3 is 0 Å². The average molecular weight is 421 g/mol. The molecular formula is C18H20N4O4S2. The van der Waals surface area contributed by atoms with Crippen molar-refractivity contribution in [2.75, 3.05) is 0 Å². The number of hydrogen-bond acceptors (Lipinski definition) is 6. The van der Waals surface area contributed by atoms with Gasteiger partial charge in [0, 0.05) is 12.4 Å². The van der Waals surface area contributed by atoms with Gasteiger partial charge in [-0.1, -0.05) is 35.4 Å². The molecule has 0 aliphatic rings. The van der Waals surface area contributed by atoms with Gasteiger partial charge in [0.2, 0.25) is 0 Å². The topological polar surface area (TPSA) is 117 Å². The maximum absolute atomic E-state index is 12.0. The van der Waals surface area contributed by atoms with Crippen LogP contribution in [0.15, 0.2) is 80.7 Å². The molecule has 8 nitrogen and oxygen atoms in total. The zero-order valence-electron chi connectivity index (χ0n) is 15.3. The summed E-state index contributed by atoms with van der Waals surface area (Å²) < 4.78 is 48.0. The summed E-state index contributed by atoms with van der Waals surface area (Å²) in [7, 11) is -7.47. The van der Waals surface area contributed by atoms with Gasteiger partial charge in [-0.05, 0) is 50.3 Å². The highest BCUT2D eigenvalue weighted by molar-refractivity contribution is 7.89. The number of sulfonamides is 2. The second-order valence-electron chi connectivity index (χ2n) is 5.76. The Hall–Kier alpha value is -2.98. The van der Waals surface area contributed by atoms with E-state index in [-0.39, 0.29) is 9.79 Å². The molecule has 28 heavy (non-hydrogen) atoms. The summed E-state index contributed by atoms with van der Waals surface area (Å²) >= 11 is 0. The third-order valence-corrected chi connectivity index (χ3v) is 5.92. The number of nitrogens with zero attached hydrogens (tertiary/aromatic N) is 2. The molecule has 0 radical (unpaired) electrons. The fourth-order valence-corrected chi connectivity index (χ4v) is 3.52. The van der Waals surface area contributed by atoms with Crippen LogP contribution >= 0.6 is 0 Å². The lowest BCUT2D eigenvalue weighted by Gasteiger charge is -2.03. The third kappa shape index (κ3) is 6.32. The summed E-state index contributed by atoms with van der Waals surface area (Å²) in [5.74, 6) is 0. The fourth-order valence-electron chi connectivity index (χ4n) is 1.93. The SMILES string of the molecule is Cc1ccc(S(=O)(=O)N\N=C/C=C/C=N/NS(=O)(=O)c2ccc(C)cc2)cc1. The molecule has 0 amide bonds. The first-order chi connectivity index (χ1) is 13.2. The summed E-state index contributed by atoms with van der Waals surface area (Å²) in [6.45, 7) is 3.71. The lowest BCUT2D eigenvalue weighted by molar-refractivity contribution is 0.583. The zero-order valence-corrected chi connectivity index (χ0v) is 16.9. The van der Waals surface area contributed by atoms with Crippen molar-refractivity contribution >= 4 is 32.5 Å². The van der Waals surface area contributed by atoms with Crippen molar-refractivity contribution in [3.05, 3.63) is 71.8 Å². The standard InChI is InChI=1S/C18H20N4O4S2/c1-15-5-9-17(10-6-15)27(23,24)21-19-13-3-4-14-20-22-28(25,26)18-11-7-16(2)8-12-18/h3-14,21-22H,1-2H3/b4-3+,19-13-,20-14+. The molecule has 0 atom stereocenters. The minimum Gasteiger partial charge on any atom is -0.200 e. The summed E-state index contributed by atoms with van der Waals surface area (Å²) in [5.41, 5.74) is 1.89. The van der Waals surface area contributed by atoms with Crippen LogP contribution in [0.1, 0.15) is 11.1 Å². The van der Waals surface area contributed by atoms with Gasteiger partial charge in [0.05, 0.1) is 9.79 Å². The Morgan fingerprint density at radius 2 is 0.964 bits per heavy atom. The van der Waals surface area contributed by atoms with E-state index in [1.165, 1.54) is 48.8 Å². The predicted molar refractivity (Wildman–Crippen MR) is 109 cm³/mol. The largest absolute Gasteiger partial charge is 0.276 e. The number of aryl methyl sites for hydroxylation is 2. The Bertz CT molecular complexity index is 998. The molecule has 2 aromatic rings. The van der Waals surface area contributed by atoms with Crippen molar-refractivity contribution in [2.24, 2.45) is 10.2 Å². The maximum Gasteiger partial charge on any atom is 0.276 e. The van der Waals surface area contributed by atoms with Crippen LogP contribution < -0.4 is 9.66 Å². The number of hydrazone groups is 2. The average Bonchev–Trinajstić information content (AvgIpc) is 2.64. The highest BCUT2D eigenvalue weighted by Crippen LogP contribution is 2.10. The molecule has 0 fully saturated rings. The van der Waals surface area contributed by atoms with Crippen LogP contribution in [0.2, 0.25) is 0 Å². The lowest BCUT2D eigenvalue weighted by Crippen LogP contribution is -2.18. The van der Waals surface area contributed by atoms with E-state index < -0.39 is 20.0 Å². The van der Waals surface area contributed by atoms with Crippen molar-refractivity contribution in [2.45, 2.75) is 23.6 Å². The quantitative estimate of drug-likeness (QED) is 0.502. The first-order valence-electron chi connectivity index (χ1n) is 8.09. The zero-order chi connectivity index (χ0) is 20.6. The number of hydrogen-bond donors (Lipinski definition) is 2. The van der Waals surface area contributed by atoms with Gasteiger partial charge in [-0.3, -0.25) is 0 Å². The van der Waals surface area contributed by atoms with Gasteiger partial charge in [-0.2, -0.15) is 27.0 Å². The first kappa shape index (κ1) is 21.3. The van der Waals surface area contributed by atoms with E-state index in [4.69, 9.17) is 0 Å². The Kier molecular flexibility index (Phi) is 7.07. The molecule has 0 bridgehead atoms. The van der Waals surface area contributed by atoms with E-state index in [9.17, 15) is 16.8 Å².